The number of hydrogen-bond acceptors (Lipinski definition) is 4. The number of aliphatic hydroxyl groups is 1. The van der Waals surface area contributed by atoms with E-state index in [0.717, 1.165) is 4.90 Å². The van der Waals surface area contributed by atoms with Crippen molar-refractivity contribution in [3.8, 4) is 0 Å². The number of carbonyl (C=O) groups excluding carboxylic acids is 1. The first-order valence-corrected chi connectivity index (χ1v) is 5.59. The fraction of sp³-hybridized carbons (Fsp3) is 0.0909. The lowest BCUT2D eigenvalue weighted by molar-refractivity contribution is -0.146. The summed E-state index contributed by atoms with van der Waals surface area (Å²) in [4.78, 5) is 22.1. The Kier molecular flexibility index (Phi) is 4.13. The number of ketones is 1. The number of hydrogen-bond donors (Lipinski definition) is 2. The highest BCUT2D eigenvalue weighted by atomic mass is 32.2. The summed E-state index contributed by atoms with van der Waals surface area (Å²) in [7, 11) is 0. The molecule has 0 aliphatic heterocycles. The average molecular weight is 238 g/mol. The first kappa shape index (κ1) is 12.3. The first-order valence-electron chi connectivity index (χ1n) is 4.37. The van der Waals surface area contributed by atoms with Crippen molar-refractivity contribution in [1.82, 2.24) is 0 Å². The summed E-state index contributed by atoms with van der Waals surface area (Å²) in [5, 5.41) is 17.8. The van der Waals surface area contributed by atoms with E-state index in [1.807, 2.05) is 6.26 Å². The zero-order valence-electron chi connectivity index (χ0n) is 8.51. The second-order valence-corrected chi connectivity index (χ2v) is 3.81. The van der Waals surface area contributed by atoms with Crippen molar-refractivity contribution in [3.05, 3.63) is 35.9 Å². The molecule has 0 saturated carbocycles. The Labute approximate surface area is 96.6 Å². The van der Waals surface area contributed by atoms with Gasteiger partial charge in [-0.15, -0.1) is 11.8 Å². The third-order valence-corrected chi connectivity index (χ3v) is 2.61. The van der Waals surface area contributed by atoms with Gasteiger partial charge in [0.05, 0.1) is 0 Å². The van der Waals surface area contributed by atoms with E-state index >= 15 is 0 Å². The van der Waals surface area contributed by atoms with Crippen LogP contribution in [0.3, 0.4) is 0 Å². The SMILES string of the molecule is CSc1ccc(C(O)=CC(=O)C(=O)O)cc1. The van der Waals surface area contributed by atoms with E-state index in [2.05, 4.69) is 0 Å². The lowest BCUT2D eigenvalue weighted by atomic mass is 10.1. The molecule has 0 amide bonds. The van der Waals surface area contributed by atoms with Crippen LogP contribution in [0.1, 0.15) is 5.56 Å². The summed E-state index contributed by atoms with van der Waals surface area (Å²) in [6.45, 7) is 0. The van der Waals surface area contributed by atoms with E-state index in [0.29, 0.717) is 11.6 Å². The third kappa shape index (κ3) is 3.13. The van der Waals surface area contributed by atoms with Crippen LogP contribution in [0.5, 0.6) is 0 Å². The van der Waals surface area contributed by atoms with Gasteiger partial charge in [0.1, 0.15) is 5.76 Å². The highest BCUT2D eigenvalue weighted by Gasteiger charge is 2.10. The number of benzene rings is 1. The van der Waals surface area contributed by atoms with E-state index < -0.39 is 11.8 Å². The van der Waals surface area contributed by atoms with Gasteiger partial charge in [0.15, 0.2) is 0 Å². The molecule has 84 valence electrons. The first-order chi connectivity index (χ1) is 7.54. The summed E-state index contributed by atoms with van der Waals surface area (Å²) < 4.78 is 0. The molecule has 0 aliphatic rings. The van der Waals surface area contributed by atoms with E-state index in [4.69, 9.17) is 5.11 Å². The Morgan fingerprint density at radius 1 is 1.19 bits per heavy atom. The Morgan fingerprint density at radius 3 is 2.19 bits per heavy atom. The van der Waals surface area contributed by atoms with Crippen molar-refractivity contribution in [2.75, 3.05) is 6.26 Å². The van der Waals surface area contributed by atoms with E-state index in [1.54, 1.807) is 36.0 Å². The molecule has 0 spiro atoms. The van der Waals surface area contributed by atoms with Gasteiger partial charge in [-0.1, -0.05) is 12.1 Å². The van der Waals surface area contributed by atoms with Gasteiger partial charge in [-0.3, -0.25) is 4.79 Å². The number of thioether (sulfide) groups is 1. The van der Waals surface area contributed by atoms with E-state index in [1.165, 1.54) is 0 Å². The molecule has 0 aliphatic carbocycles. The Morgan fingerprint density at radius 2 is 1.75 bits per heavy atom. The number of aliphatic hydroxyl groups excluding tert-OH is 1. The molecule has 0 atom stereocenters. The molecule has 0 fully saturated rings. The highest BCUT2D eigenvalue weighted by Crippen LogP contribution is 2.18. The van der Waals surface area contributed by atoms with Gasteiger partial charge in [0, 0.05) is 16.5 Å². The molecule has 1 aromatic carbocycles. The highest BCUT2D eigenvalue weighted by molar-refractivity contribution is 7.98. The van der Waals surface area contributed by atoms with E-state index in [-0.39, 0.29) is 5.76 Å². The van der Waals surface area contributed by atoms with Crippen LogP contribution in [0, 0.1) is 0 Å². The van der Waals surface area contributed by atoms with Crippen molar-refractivity contribution < 1.29 is 19.8 Å². The van der Waals surface area contributed by atoms with Crippen LogP contribution in [0.2, 0.25) is 0 Å². The maximum Gasteiger partial charge on any atom is 0.376 e. The van der Waals surface area contributed by atoms with Gasteiger partial charge in [-0.05, 0) is 18.4 Å². The Hall–Kier alpha value is -1.75. The molecule has 0 bridgehead atoms. The molecular formula is C11H10O4S. The van der Waals surface area contributed by atoms with Crippen molar-refractivity contribution >= 4 is 29.3 Å². The van der Waals surface area contributed by atoms with Gasteiger partial charge >= 0.3 is 5.97 Å². The van der Waals surface area contributed by atoms with Crippen molar-refractivity contribution in [2.45, 2.75) is 4.90 Å². The second kappa shape index (κ2) is 5.37. The minimum absolute atomic E-state index is 0.347. The molecule has 0 heterocycles. The summed E-state index contributed by atoms with van der Waals surface area (Å²) in [6.07, 6.45) is 2.61. The fourth-order valence-electron chi connectivity index (χ4n) is 1.03. The second-order valence-electron chi connectivity index (χ2n) is 2.93. The topological polar surface area (TPSA) is 74.6 Å². The van der Waals surface area contributed by atoms with Crippen LogP contribution in [-0.4, -0.2) is 28.2 Å². The zero-order chi connectivity index (χ0) is 12.1. The van der Waals surface area contributed by atoms with Crippen LogP contribution >= 0.6 is 11.8 Å². The van der Waals surface area contributed by atoms with Crippen molar-refractivity contribution in [1.29, 1.82) is 0 Å². The Balaban J connectivity index is 2.91. The molecule has 0 aromatic heterocycles. The number of carboxylic acids is 1. The van der Waals surface area contributed by atoms with Gasteiger partial charge in [0.2, 0.25) is 0 Å². The van der Waals surface area contributed by atoms with Crippen LogP contribution in [0.25, 0.3) is 5.76 Å². The van der Waals surface area contributed by atoms with Crippen molar-refractivity contribution in [2.24, 2.45) is 0 Å². The minimum Gasteiger partial charge on any atom is -0.507 e. The molecule has 2 N–H and O–H groups in total. The van der Waals surface area contributed by atoms with Crippen LogP contribution in [0.4, 0.5) is 0 Å². The third-order valence-electron chi connectivity index (χ3n) is 1.86. The zero-order valence-corrected chi connectivity index (χ0v) is 9.32. The van der Waals surface area contributed by atoms with Crippen LogP contribution in [-0.2, 0) is 9.59 Å². The molecule has 0 saturated heterocycles. The molecular weight excluding hydrogens is 228 g/mol. The van der Waals surface area contributed by atoms with Gasteiger partial charge in [0.25, 0.3) is 5.78 Å². The van der Waals surface area contributed by atoms with Crippen molar-refractivity contribution in [3.63, 3.8) is 0 Å². The largest absolute Gasteiger partial charge is 0.507 e. The monoisotopic (exact) mass is 238 g/mol. The summed E-state index contributed by atoms with van der Waals surface area (Å²) in [6, 6.07) is 6.78. The quantitative estimate of drug-likeness (QED) is 0.363. The summed E-state index contributed by atoms with van der Waals surface area (Å²) >= 11 is 1.55. The normalized spacial score (nSPS) is 11.2. The van der Waals surface area contributed by atoms with Crippen LogP contribution < -0.4 is 0 Å². The number of carboxylic acid groups (broad SMARTS) is 1. The predicted octanol–water partition coefficient (Wildman–Crippen LogP) is 1.96. The molecule has 4 nitrogen and oxygen atoms in total. The van der Waals surface area contributed by atoms with Gasteiger partial charge in [-0.2, -0.15) is 0 Å². The fourth-order valence-corrected chi connectivity index (χ4v) is 1.44. The van der Waals surface area contributed by atoms with Crippen LogP contribution in [0.15, 0.2) is 35.2 Å². The van der Waals surface area contributed by atoms with Gasteiger partial charge < -0.3 is 10.2 Å². The maximum atomic E-state index is 10.8. The predicted molar refractivity (Wildman–Crippen MR) is 61.5 cm³/mol. The summed E-state index contributed by atoms with van der Waals surface area (Å²) in [5.74, 6) is -3.08. The molecule has 0 unspecified atom stereocenters. The Bertz CT molecular complexity index is 434. The summed E-state index contributed by atoms with van der Waals surface area (Å²) in [5.41, 5.74) is 0.410. The molecule has 0 radical (unpaired) electrons. The molecule has 5 heteroatoms. The maximum absolute atomic E-state index is 10.8. The van der Waals surface area contributed by atoms with Gasteiger partial charge in [-0.25, -0.2) is 4.79 Å². The minimum atomic E-state index is -1.59. The van der Waals surface area contributed by atoms with E-state index in [9.17, 15) is 14.7 Å². The number of rotatable bonds is 4. The smallest absolute Gasteiger partial charge is 0.376 e. The molecule has 16 heavy (non-hydrogen) atoms. The lowest BCUT2D eigenvalue weighted by Crippen LogP contribution is -2.09. The molecule has 1 aromatic rings. The standard InChI is InChI=1S/C11H10O4S/c1-16-8-4-2-7(3-5-8)9(12)6-10(13)11(14)15/h2-6,12H,1H3,(H,14,15). The average Bonchev–Trinajstić information content (AvgIpc) is 2.28. The number of aliphatic carboxylic acids is 1. The number of carbonyl (C=O) groups is 2. The lowest BCUT2D eigenvalue weighted by Gasteiger charge is -2.00. The molecule has 1 rings (SSSR count).